The van der Waals surface area contributed by atoms with Crippen LogP contribution in [0.2, 0.25) is 0 Å². The van der Waals surface area contributed by atoms with Gasteiger partial charge in [-0.2, -0.15) is 0 Å². The maximum absolute atomic E-state index is 13.1. The standard InChI is InChI=1S/C22H25FN4S/c1-24-19-9-2-15(3-10-19)12-16-4-11-21(25-13-16)27-22-26-14-20(28-22)17-5-7-18(23)8-6-17/h4-8,11,13-15,19,24H,2-3,9-10,12H2,1H3,(H,25,26,27). The minimum Gasteiger partial charge on any atom is -0.317 e. The van der Waals surface area contributed by atoms with Crippen molar-refractivity contribution in [2.45, 2.75) is 38.1 Å². The number of hydrogen-bond acceptors (Lipinski definition) is 5. The molecule has 6 heteroatoms. The van der Waals surface area contributed by atoms with Crippen molar-refractivity contribution < 1.29 is 4.39 Å². The van der Waals surface area contributed by atoms with E-state index in [9.17, 15) is 4.39 Å². The third-order valence-corrected chi connectivity index (χ3v) is 6.44. The SMILES string of the molecule is CNC1CCC(Cc2ccc(Nc3ncc(-c4ccc(F)cc4)s3)nc2)CC1. The quantitative estimate of drug-likeness (QED) is 0.585. The van der Waals surface area contributed by atoms with Crippen molar-refractivity contribution in [3.8, 4) is 10.4 Å². The number of nitrogens with zero attached hydrogens (tertiary/aromatic N) is 2. The lowest BCUT2D eigenvalue weighted by Gasteiger charge is -2.28. The number of anilines is 2. The third-order valence-electron chi connectivity index (χ3n) is 5.47. The summed E-state index contributed by atoms with van der Waals surface area (Å²) in [6.45, 7) is 0. The van der Waals surface area contributed by atoms with Crippen LogP contribution < -0.4 is 10.6 Å². The molecule has 4 rings (SSSR count). The minimum atomic E-state index is -0.231. The molecular formula is C22H25FN4S. The fourth-order valence-electron chi connectivity index (χ4n) is 3.80. The number of nitrogens with one attached hydrogen (secondary N) is 2. The molecule has 1 aliphatic carbocycles. The van der Waals surface area contributed by atoms with Crippen molar-refractivity contribution in [1.82, 2.24) is 15.3 Å². The van der Waals surface area contributed by atoms with E-state index in [2.05, 4.69) is 33.7 Å². The van der Waals surface area contributed by atoms with Crippen LogP contribution in [0.3, 0.4) is 0 Å². The first-order valence-corrected chi connectivity index (χ1v) is 10.6. The summed E-state index contributed by atoms with van der Waals surface area (Å²) in [5.74, 6) is 1.33. The van der Waals surface area contributed by atoms with Gasteiger partial charge in [-0.15, -0.1) is 0 Å². The Bertz CT molecular complexity index is 884. The van der Waals surface area contributed by atoms with Crippen LogP contribution in [0.5, 0.6) is 0 Å². The molecule has 1 saturated carbocycles. The molecule has 0 spiro atoms. The van der Waals surface area contributed by atoms with E-state index in [0.717, 1.165) is 33.7 Å². The number of benzene rings is 1. The molecule has 2 heterocycles. The Hall–Kier alpha value is -2.31. The Morgan fingerprint density at radius 1 is 1.00 bits per heavy atom. The van der Waals surface area contributed by atoms with Gasteiger partial charge in [0, 0.05) is 18.4 Å². The second kappa shape index (κ2) is 8.80. The molecule has 0 amide bonds. The molecule has 3 aromatic rings. The molecule has 0 atom stereocenters. The van der Waals surface area contributed by atoms with Gasteiger partial charge in [-0.1, -0.05) is 29.5 Å². The van der Waals surface area contributed by atoms with Crippen LogP contribution in [0, 0.1) is 11.7 Å². The molecule has 2 aromatic heterocycles. The van der Waals surface area contributed by atoms with E-state index < -0.39 is 0 Å². The van der Waals surface area contributed by atoms with Gasteiger partial charge in [-0.25, -0.2) is 14.4 Å². The predicted molar refractivity (Wildman–Crippen MR) is 114 cm³/mol. The zero-order valence-electron chi connectivity index (χ0n) is 16.0. The average molecular weight is 397 g/mol. The lowest BCUT2D eigenvalue weighted by atomic mass is 9.83. The maximum atomic E-state index is 13.1. The molecule has 1 aliphatic rings. The fourth-order valence-corrected chi connectivity index (χ4v) is 4.63. The van der Waals surface area contributed by atoms with Gasteiger partial charge in [0.15, 0.2) is 5.13 Å². The molecule has 0 radical (unpaired) electrons. The van der Waals surface area contributed by atoms with Gasteiger partial charge in [0.25, 0.3) is 0 Å². The zero-order valence-corrected chi connectivity index (χ0v) is 16.8. The predicted octanol–water partition coefficient (Wildman–Crippen LogP) is 5.41. The monoisotopic (exact) mass is 396 g/mol. The minimum absolute atomic E-state index is 0.231. The molecule has 0 bridgehead atoms. The molecule has 1 aromatic carbocycles. The molecule has 28 heavy (non-hydrogen) atoms. The summed E-state index contributed by atoms with van der Waals surface area (Å²) in [6, 6.07) is 11.3. The Balaban J connectivity index is 1.34. The van der Waals surface area contributed by atoms with E-state index in [1.54, 1.807) is 18.3 Å². The first-order valence-electron chi connectivity index (χ1n) is 9.80. The lowest BCUT2D eigenvalue weighted by Crippen LogP contribution is -2.30. The van der Waals surface area contributed by atoms with Crippen molar-refractivity contribution in [3.63, 3.8) is 0 Å². The highest BCUT2D eigenvalue weighted by Crippen LogP contribution is 2.31. The van der Waals surface area contributed by atoms with Crippen LogP contribution in [0.25, 0.3) is 10.4 Å². The maximum Gasteiger partial charge on any atom is 0.188 e. The van der Waals surface area contributed by atoms with Crippen molar-refractivity contribution >= 4 is 22.3 Å². The van der Waals surface area contributed by atoms with Gasteiger partial charge in [0.1, 0.15) is 11.6 Å². The summed E-state index contributed by atoms with van der Waals surface area (Å²) in [4.78, 5) is 9.96. The topological polar surface area (TPSA) is 49.8 Å². The smallest absolute Gasteiger partial charge is 0.188 e. The third kappa shape index (κ3) is 4.75. The first kappa shape index (κ1) is 19.0. The number of aromatic nitrogens is 2. The van der Waals surface area contributed by atoms with Crippen molar-refractivity contribution in [2.75, 3.05) is 12.4 Å². The molecule has 4 nitrogen and oxygen atoms in total. The first-order chi connectivity index (χ1) is 13.7. The normalized spacial score (nSPS) is 19.5. The van der Waals surface area contributed by atoms with E-state index in [1.807, 2.05) is 12.3 Å². The number of pyridine rings is 1. The molecule has 146 valence electrons. The highest BCUT2D eigenvalue weighted by molar-refractivity contribution is 7.18. The van der Waals surface area contributed by atoms with Crippen LogP contribution in [0.1, 0.15) is 31.2 Å². The Labute approximate surface area is 169 Å². The second-order valence-corrected chi connectivity index (χ2v) is 8.45. The van der Waals surface area contributed by atoms with Gasteiger partial charge < -0.3 is 10.6 Å². The second-order valence-electron chi connectivity index (χ2n) is 7.42. The van der Waals surface area contributed by atoms with Gasteiger partial charge in [-0.3, -0.25) is 0 Å². The van der Waals surface area contributed by atoms with E-state index in [4.69, 9.17) is 0 Å². The van der Waals surface area contributed by atoms with E-state index >= 15 is 0 Å². The van der Waals surface area contributed by atoms with Crippen LogP contribution >= 0.6 is 11.3 Å². The zero-order chi connectivity index (χ0) is 19.3. The van der Waals surface area contributed by atoms with Gasteiger partial charge in [0.2, 0.25) is 0 Å². The summed E-state index contributed by atoms with van der Waals surface area (Å²) in [7, 11) is 2.06. The lowest BCUT2D eigenvalue weighted by molar-refractivity contribution is 0.300. The highest BCUT2D eigenvalue weighted by atomic mass is 32.1. The number of rotatable bonds is 6. The number of halogens is 1. The average Bonchev–Trinajstić information content (AvgIpc) is 3.19. The van der Waals surface area contributed by atoms with Gasteiger partial charge >= 0.3 is 0 Å². The van der Waals surface area contributed by atoms with Crippen LogP contribution in [-0.4, -0.2) is 23.1 Å². The summed E-state index contributed by atoms with van der Waals surface area (Å²) in [6.07, 6.45) is 10.0. The molecule has 0 unspecified atom stereocenters. The summed E-state index contributed by atoms with van der Waals surface area (Å²) in [5.41, 5.74) is 2.26. The summed E-state index contributed by atoms with van der Waals surface area (Å²) >= 11 is 1.53. The van der Waals surface area contributed by atoms with Gasteiger partial charge in [0.05, 0.1) is 4.88 Å². The largest absolute Gasteiger partial charge is 0.317 e. The molecular weight excluding hydrogens is 371 g/mol. The number of thiazole rings is 1. The Kier molecular flexibility index (Phi) is 5.98. The van der Waals surface area contributed by atoms with E-state index in [-0.39, 0.29) is 5.82 Å². The van der Waals surface area contributed by atoms with E-state index in [1.165, 1.54) is 54.7 Å². The van der Waals surface area contributed by atoms with Crippen LogP contribution in [0.4, 0.5) is 15.3 Å². The van der Waals surface area contributed by atoms with Gasteiger partial charge in [-0.05, 0) is 74.4 Å². The van der Waals surface area contributed by atoms with Crippen LogP contribution in [-0.2, 0) is 6.42 Å². The highest BCUT2D eigenvalue weighted by Gasteiger charge is 2.20. The molecule has 2 N–H and O–H groups in total. The van der Waals surface area contributed by atoms with Crippen molar-refractivity contribution in [2.24, 2.45) is 5.92 Å². The molecule has 0 saturated heterocycles. The number of hydrogen-bond donors (Lipinski definition) is 2. The molecule has 1 fully saturated rings. The van der Waals surface area contributed by atoms with Crippen molar-refractivity contribution in [1.29, 1.82) is 0 Å². The van der Waals surface area contributed by atoms with Crippen molar-refractivity contribution in [3.05, 3.63) is 60.2 Å². The van der Waals surface area contributed by atoms with E-state index in [0.29, 0.717) is 6.04 Å². The Morgan fingerprint density at radius 3 is 2.46 bits per heavy atom. The Morgan fingerprint density at radius 2 is 1.79 bits per heavy atom. The molecule has 0 aliphatic heterocycles. The fraction of sp³-hybridized carbons (Fsp3) is 0.364. The van der Waals surface area contributed by atoms with Crippen LogP contribution in [0.15, 0.2) is 48.8 Å². The summed E-state index contributed by atoms with van der Waals surface area (Å²) in [5, 5.41) is 7.44. The summed E-state index contributed by atoms with van der Waals surface area (Å²) < 4.78 is 13.1.